The molecular formula is C12H14BN3O2S2. The summed E-state index contributed by atoms with van der Waals surface area (Å²) in [5, 5.41) is 0.795. The molecule has 0 N–H and O–H groups in total. The van der Waals surface area contributed by atoms with Crippen LogP contribution in [0.25, 0.3) is 0 Å². The number of aromatic nitrogens is 2. The van der Waals surface area contributed by atoms with Gasteiger partial charge in [-0.25, -0.2) is 0 Å². The Labute approximate surface area is 126 Å². The molecule has 8 heteroatoms. The van der Waals surface area contributed by atoms with E-state index in [0.29, 0.717) is 17.0 Å². The van der Waals surface area contributed by atoms with E-state index in [0.717, 1.165) is 28.9 Å². The van der Waals surface area contributed by atoms with Crippen LogP contribution in [0.4, 0.5) is 4.79 Å². The molecule has 1 amide bonds. The van der Waals surface area contributed by atoms with E-state index in [9.17, 15) is 4.79 Å². The molecule has 0 aliphatic heterocycles. The lowest BCUT2D eigenvalue weighted by Gasteiger charge is -2.06. The molecule has 0 radical (unpaired) electrons. The molecule has 0 spiro atoms. The van der Waals surface area contributed by atoms with E-state index < -0.39 is 0 Å². The third kappa shape index (κ3) is 3.98. The molecule has 2 aromatic rings. The minimum Gasteiger partial charge on any atom is -0.464 e. The second-order valence-corrected chi connectivity index (χ2v) is 5.95. The third-order valence-electron chi connectivity index (χ3n) is 2.54. The molecule has 20 heavy (non-hydrogen) atoms. The Morgan fingerprint density at radius 2 is 2.20 bits per heavy atom. The van der Waals surface area contributed by atoms with Crippen molar-refractivity contribution in [1.29, 1.82) is 0 Å². The van der Waals surface area contributed by atoms with Crippen molar-refractivity contribution < 1.29 is 9.53 Å². The Morgan fingerprint density at radius 1 is 1.45 bits per heavy atom. The molecule has 0 unspecified atom stereocenters. The van der Waals surface area contributed by atoms with Crippen molar-refractivity contribution in [1.82, 2.24) is 14.3 Å². The number of benzene rings is 1. The van der Waals surface area contributed by atoms with Crippen LogP contribution in [0.5, 0.6) is 5.19 Å². The molecule has 0 saturated heterocycles. The lowest BCUT2D eigenvalue weighted by molar-refractivity contribution is 0.241. The Kier molecular flexibility index (Phi) is 5.02. The van der Waals surface area contributed by atoms with E-state index in [1.807, 2.05) is 32.1 Å². The first kappa shape index (κ1) is 14.9. The predicted molar refractivity (Wildman–Crippen MR) is 83.8 cm³/mol. The molecule has 0 aliphatic carbocycles. The van der Waals surface area contributed by atoms with E-state index >= 15 is 0 Å². The molecule has 1 aromatic heterocycles. The van der Waals surface area contributed by atoms with Crippen LogP contribution in [0, 0.1) is 0 Å². The lowest BCUT2D eigenvalue weighted by Crippen LogP contribution is -2.16. The number of ether oxygens (including phenoxy) is 1. The number of carbonyl (C=O) groups is 1. The SMILES string of the molecule is Bc1ccccc1COc1nc(SC(=O)N(C)C)ns1. The number of carbonyl (C=O) groups excluding carboxylic acids is 1. The van der Waals surface area contributed by atoms with Gasteiger partial charge in [-0.1, -0.05) is 29.7 Å². The number of amides is 1. The van der Waals surface area contributed by atoms with E-state index in [4.69, 9.17) is 4.74 Å². The zero-order chi connectivity index (χ0) is 14.5. The summed E-state index contributed by atoms with van der Waals surface area (Å²) in [5.74, 6) is 0. The van der Waals surface area contributed by atoms with Crippen molar-refractivity contribution in [2.75, 3.05) is 14.1 Å². The first-order valence-electron chi connectivity index (χ1n) is 5.96. The van der Waals surface area contributed by atoms with Gasteiger partial charge in [0.25, 0.3) is 10.4 Å². The molecule has 1 aromatic carbocycles. The molecular weight excluding hydrogens is 293 g/mol. The van der Waals surface area contributed by atoms with Gasteiger partial charge in [0.15, 0.2) is 0 Å². The van der Waals surface area contributed by atoms with Gasteiger partial charge >= 0.3 is 0 Å². The van der Waals surface area contributed by atoms with Gasteiger partial charge in [0.2, 0.25) is 5.16 Å². The van der Waals surface area contributed by atoms with Crippen molar-refractivity contribution in [3.8, 4) is 5.19 Å². The second-order valence-electron chi connectivity index (χ2n) is 4.32. The second kappa shape index (κ2) is 6.76. The highest BCUT2D eigenvalue weighted by Crippen LogP contribution is 2.23. The molecule has 2 rings (SSSR count). The standard InChI is InChI=1S/C12H14BN3O2S2/c1-16(2)12(17)19-10-14-11(20-15-10)18-7-8-5-3-4-6-9(8)13/h3-6H,7,13H2,1-2H3. The normalized spacial score (nSPS) is 10.3. The van der Waals surface area contributed by atoms with Crippen molar-refractivity contribution in [2.24, 2.45) is 0 Å². The number of thioether (sulfide) groups is 1. The van der Waals surface area contributed by atoms with Crippen LogP contribution in [0.15, 0.2) is 29.4 Å². The minimum atomic E-state index is -0.103. The fourth-order valence-electron chi connectivity index (χ4n) is 1.38. The van der Waals surface area contributed by atoms with Gasteiger partial charge in [-0.05, 0) is 5.56 Å². The van der Waals surface area contributed by atoms with Crippen molar-refractivity contribution in [3.05, 3.63) is 29.8 Å². The highest BCUT2D eigenvalue weighted by atomic mass is 32.2. The Morgan fingerprint density at radius 3 is 2.90 bits per heavy atom. The van der Waals surface area contributed by atoms with Crippen LogP contribution in [-0.4, -0.2) is 41.4 Å². The van der Waals surface area contributed by atoms with Gasteiger partial charge < -0.3 is 9.64 Å². The summed E-state index contributed by atoms with van der Waals surface area (Å²) in [6.45, 7) is 0.452. The largest absolute Gasteiger partial charge is 0.464 e. The van der Waals surface area contributed by atoms with Crippen LogP contribution in [0.3, 0.4) is 0 Å². The van der Waals surface area contributed by atoms with E-state index in [1.54, 1.807) is 14.1 Å². The molecule has 1 heterocycles. The topological polar surface area (TPSA) is 55.3 Å². The fraction of sp³-hybridized carbons (Fsp3) is 0.250. The third-order valence-corrected chi connectivity index (χ3v) is 4.19. The maximum absolute atomic E-state index is 11.5. The van der Waals surface area contributed by atoms with E-state index in [-0.39, 0.29) is 5.24 Å². The predicted octanol–water partition coefficient (Wildman–Crippen LogP) is 1.15. The molecule has 5 nitrogen and oxygen atoms in total. The molecule has 0 fully saturated rings. The van der Waals surface area contributed by atoms with Crippen LogP contribution >= 0.6 is 23.3 Å². The average molecular weight is 307 g/mol. The summed E-state index contributed by atoms with van der Waals surface area (Å²) in [4.78, 5) is 17.2. The molecule has 0 saturated carbocycles. The van der Waals surface area contributed by atoms with Gasteiger partial charge in [-0.3, -0.25) is 4.79 Å². The quantitative estimate of drug-likeness (QED) is 0.626. The van der Waals surface area contributed by atoms with Gasteiger partial charge in [0.1, 0.15) is 14.5 Å². The zero-order valence-electron chi connectivity index (χ0n) is 11.5. The minimum absolute atomic E-state index is 0.103. The molecule has 104 valence electrons. The summed E-state index contributed by atoms with van der Waals surface area (Å²) in [6.07, 6.45) is 0. The lowest BCUT2D eigenvalue weighted by atomic mass is 9.91. The van der Waals surface area contributed by atoms with Crippen molar-refractivity contribution in [2.45, 2.75) is 11.8 Å². The van der Waals surface area contributed by atoms with Gasteiger partial charge in [-0.2, -0.15) is 9.36 Å². The number of hydrogen-bond acceptors (Lipinski definition) is 6. The first-order chi connectivity index (χ1) is 9.56. The molecule has 0 aliphatic rings. The van der Waals surface area contributed by atoms with Gasteiger partial charge in [0.05, 0.1) is 0 Å². The Balaban J connectivity index is 1.93. The fourth-order valence-corrected chi connectivity index (χ4v) is 2.60. The summed E-state index contributed by atoms with van der Waals surface area (Å²) in [7, 11) is 5.42. The van der Waals surface area contributed by atoms with E-state index in [1.165, 1.54) is 10.4 Å². The highest BCUT2D eigenvalue weighted by molar-refractivity contribution is 8.13. The number of hydrogen-bond donors (Lipinski definition) is 0. The zero-order valence-corrected chi connectivity index (χ0v) is 13.1. The number of rotatable bonds is 4. The summed E-state index contributed by atoms with van der Waals surface area (Å²) in [5.41, 5.74) is 2.29. The molecule has 0 atom stereocenters. The smallest absolute Gasteiger partial charge is 0.294 e. The molecule has 0 bridgehead atoms. The summed E-state index contributed by atoms with van der Waals surface area (Å²) >= 11 is 2.15. The average Bonchev–Trinajstić information content (AvgIpc) is 2.85. The van der Waals surface area contributed by atoms with Gasteiger partial charge in [0, 0.05) is 37.4 Å². The van der Waals surface area contributed by atoms with Crippen LogP contribution in [-0.2, 0) is 6.61 Å². The van der Waals surface area contributed by atoms with Crippen molar-refractivity contribution >= 4 is 41.8 Å². The van der Waals surface area contributed by atoms with E-state index in [2.05, 4.69) is 9.36 Å². The monoisotopic (exact) mass is 307 g/mol. The Hall–Kier alpha value is -1.54. The van der Waals surface area contributed by atoms with Crippen LogP contribution in [0.2, 0.25) is 0 Å². The van der Waals surface area contributed by atoms with Crippen LogP contribution in [0.1, 0.15) is 5.56 Å². The highest BCUT2D eigenvalue weighted by Gasteiger charge is 2.12. The maximum atomic E-state index is 11.5. The number of nitrogens with zero attached hydrogens (tertiary/aromatic N) is 3. The summed E-state index contributed by atoms with van der Waals surface area (Å²) < 4.78 is 9.70. The van der Waals surface area contributed by atoms with Crippen LogP contribution < -0.4 is 10.2 Å². The van der Waals surface area contributed by atoms with Crippen molar-refractivity contribution in [3.63, 3.8) is 0 Å². The Bertz CT molecular complexity index is 604. The summed E-state index contributed by atoms with van der Waals surface area (Å²) in [6, 6.07) is 8.02. The first-order valence-corrected chi connectivity index (χ1v) is 7.55. The maximum Gasteiger partial charge on any atom is 0.294 e. The van der Waals surface area contributed by atoms with Gasteiger partial charge in [-0.15, -0.1) is 0 Å².